The summed E-state index contributed by atoms with van der Waals surface area (Å²) in [6.07, 6.45) is 1.71. The van der Waals surface area contributed by atoms with E-state index in [4.69, 9.17) is 14.2 Å². The number of aliphatic hydroxyl groups excluding tert-OH is 1. The Morgan fingerprint density at radius 1 is 1.10 bits per heavy atom. The number of methoxy groups -OCH3 is 1. The molecule has 4 nitrogen and oxygen atoms in total. The van der Waals surface area contributed by atoms with Crippen LogP contribution in [0.4, 0.5) is 0 Å². The quantitative estimate of drug-likeness (QED) is 0.582. The molecular formula is C16H25BrO4. The number of ether oxygens (including phenoxy) is 3. The van der Waals surface area contributed by atoms with Crippen molar-refractivity contribution < 1.29 is 19.3 Å². The van der Waals surface area contributed by atoms with Crippen molar-refractivity contribution in [2.45, 2.75) is 12.8 Å². The molecule has 0 amide bonds. The average Bonchev–Trinajstić information content (AvgIpc) is 2.48. The van der Waals surface area contributed by atoms with Crippen LogP contribution in [0.5, 0.6) is 0 Å². The predicted octanol–water partition coefficient (Wildman–Crippen LogP) is 2.67. The standard InChI is InChI=1S/C16H25BrO4/c1-19-7-8-21-10-9-20-6-5-15(13-18)11-14-3-2-4-16(17)12-14/h2-4,12,15,18H,5-11,13H2,1H3. The molecule has 0 aromatic heterocycles. The van der Waals surface area contributed by atoms with Crippen molar-refractivity contribution in [3.63, 3.8) is 0 Å². The van der Waals surface area contributed by atoms with Crippen molar-refractivity contribution in [2.24, 2.45) is 5.92 Å². The first-order valence-corrected chi connectivity index (χ1v) is 8.05. The largest absolute Gasteiger partial charge is 0.396 e. The number of aliphatic hydroxyl groups is 1. The summed E-state index contributed by atoms with van der Waals surface area (Å²) < 4.78 is 16.8. The van der Waals surface area contributed by atoms with E-state index in [0.717, 1.165) is 17.3 Å². The lowest BCUT2D eigenvalue weighted by Crippen LogP contribution is -2.14. The van der Waals surface area contributed by atoms with E-state index in [0.29, 0.717) is 33.0 Å². The van der Waals surface area contributed by atoms with E-state index in [1.54, 1.807) is 7.11 Å². The summed E-state index contributed by atoms with van der Waals surface area (Å²) in [5.41, 5.74) is 1.23. The van der Waals surface area contributed by atoms with Crippen LogP contribution in [0.25, 0.3) is 0 Å². The van der Waals surface area contributed by atoms with E-state index >= 15 is 0 Å². The van der Waals surface area contributed by atoms with Gasteiger partial charge in [-0.15, -0.1) is 0 Å². The molecule has 1 N–H and O–H groups in total. The minimum Gasteiger partial charge on any atom is -0.396 e. The maximum absolute atomic E-state index is 9.45. The first-order valence-electron chi connectivity index (χ1n) is 7.26. The highest BCUT2D eigenvalue weighted by Gasteiger charge is 2.09. The average molecular weight is 361 g/mol. The summed E-state index contributed by atoms with van der Waals surface area (Å²) >= 11 is 3.46. The lowest BCUT2D eigenvalue weighted by atomic mass is 9.97. The van der Waals surface area contributed by atoms with Crippen LogP contribution in [0.3, 0.4) is 0 Å². The Kier molecular flexibility index (Phi) is 10.7. The van der Waals surface area contributed by atoms with E-state index in [-0.39, 0.29) is 12.5 Å². The molecule has 5 heteroatoms. The number of benzene rings is 1. The van der Waals surface area contributed by atoms with Gasteiger partial charge in [-0.3, -0.25) is 0 Å². The first-order chi connectivity index (χ1) is 10.3. The smallest absolute Gasteiger partial charge is 0.0701 e. The fourth-order valence-electron chi connectivity index (χ4n) is 1.97. The molecule has 1 atom stereocenters. The van der Waals surface area contributed by atoms with Gasteiger partial charge in [0, 0.05) is 24.8 Å². The van der Waals surface area contributed by atoms with Crippen LogP contribution in [0, 0.1) is 5.92 Å². The summed E-state index contributed by atoms with van der Waals surface area (Å²) in [6.45, 7) is 3.20. The van der Waals surface area contributed by atoms with Gasteiger partial charge in [-0.1, -0.05) is 28.1 Å². The van der Waals surface area contributed by atoms with Gasteiger partial charge in [-0.25, -0.2) is 0 Å². The summed E-state index contributed by atoms with van der Waals surface area (Å²) in [4.78, 5) is 0. The van der Waals surface area contributed by atoms with Crippen LogP contribution in [0.2, 0.25) is 0 Å². The van der Waals surface area contributed by atoms with Crippen LogP contribution in [-0.4, -0.2) is 51.9 Å². The minimum atomic E-state index is 0.181. The molecular weight excluding hydrogens is 336 g/mol. The molecule has 0 saturated carbocycles. The Morgan fingerprint density at radius 3 is 2.48 bits per heavy atom. The van der Waals surface area contributed by atoms with Crippen molar-refractivity contribution in [3.8, 4) is 0 Å². The van der Waals surface area contributed by atoms with Crippen LogP contribution in [0.15, 0.2) is 28.7 Å². The van der Waals surface area contributed by atoms with Gasteiger partial charge in [0.25, 0.3) is 0 Å². The SMILES string of the molecule is COCCOCCOCCC(CO)Cc1cccc(Br)c1. The maximum atomic E-state index is 9.45. The zero-order chi connectivity index (χ0) is 15.3. The number of rotatable bonds is 12. The molecule has 1 rings (SSSR count). The maximum Gasteiger partial charge on any atom is 0.0701 e. The van der Waals surface area contributed by atoms with Gasteiger partial charge in [-0.2, -0.15) is 0 Å². The fraction of sp³-hybridized carbons (Fsp3) is 0.625. The number of hydrogen-bond donors (Lipinski definition) is 1. The highest BCUT2D eigenvalue weighted by Crippen LogP contribution is 2.16. The van der Waals surface area contributed by atoms with E-state index in [9.17, 15) is 5.11 Å². The normalized spacial score (nSPS) is 12.5. The molecule has 0 aliphatic carbocycles. The fourth-order valence-corrected chi connectivity index (χ4v) is 2.42. The molecule has 21 heavy (non-hydrogen) atoms. The van der Waals surface area contributed by atoms with Gasteiger partial charge in [0.1, 0.15) is 0 Å². The third kappa shape index (κ3) is 9.22. The summed E-state index contributed by atoms with van der Waals surface area (Å²) in [5.74, 6) is 0.230. The molecule has 0 heterocycles. The molecule has 0 fully saturated rings. The second-order valence-corrected chi connectivity index (χ2v) is 5.80. The van der Waals surface area contributed by atoms with Crippen LogP contribution in [-0.2, 0) is 20.6 Å². The molecule has 1 aromatic carbocycles. The van der Waals surface area contributed by atoms with Gasteiger partial charge >= 0.3 is 0 Å². The van der Waals surface area contributed by atoms with Crippen molar-refractivity contribution in [2.75, 3.05) is 46.8 Å². The lowest BCUT2D eigenvalue weighted by Gasteiger charge is -2.14. The Morgan fingerprint density at radius 2 is 1.81 bits per heavy atom. The summed E-state index contributed by atoms with van der Waals surface area (Å²) in [6, 6.07) is 8.19. The topological polar surface area (TPSA) is 47.9 Å². The zero-order valence-electron chi connectivity index (χ0n) is 12.6. The second kappa shape index (κ2) is 12.1. The number of halogens is 1. The van der Waals surface area contributed by atoms with Crippen LogP contribution in [0.1, 0.15) is 12.0 Å². The van der Waals surface area contributed by atoms with Gasteiger partial charge < -0.3 is 19.3 Å². The van der Waals surface area contributed by atoms with Gasteiger partial charge in [0.05, 0.1) is 26.4 Å². The third-order valence-corrected chi connectivity index (χ3v) is 3.64. The first kappa shape index (κ1) is 18.6. The molecule has 0 spiro atoms. The Hall–Kier alpha value is -0.460. The molecule has 120 valence electrons. The van der Waals surface area contributed by atoms with Crippen molar-refractivity contribution in [3.05, 3.63) is 34.3 Å². The van der Waals surface area contributed by atoms with Crippen molar-refractivity contribution in [1.82, 2.24) is 0 Å². The Balaban J connectivity index is 2.11. The molecule has 0 saturated heterocycles. The third-order valence-electron chi connectivity index (χ3n) is 3.15. The zero-order valence-corrected chi connectivity index (χ0v) is 14.2. The molecule has 0 radical (unpaired) electrons. The van der Waals surface area contributed by atoms with E-state index in [1.807, 2.05) is 12.1 Å². The van der Waals surface area contributed by atoms with Crippen LogP contribution >= 0.6 is 15.9 Å². The molecule has 0 aliphatic rings. The Bertz CT molecular complexity index is 373. The Labute approximate surface area is 135 Å². The van der Waals surface area contributed by atoms with E-state index < -0.39 is 0 Å². The van der Waals surface area contributed by atoms with Gasteiger partial charge in [0.15, 0.2) is 0 Å². The molecule has 0 bridgehead atoms. The predicted molar refractivity (Wildman–Crippen MR) is 86.6 cm³/mol. The molecule has 1 aromatic rings. The van der Waals surface area contributed by atoms with Crippen molar-refractivity contribution in [1.29, 1.82) is 0 Å². The minimum absolute atomic E-state index is 0.181. The highest BCUT2D eigenvalue weighted by molar-refractivity contribution is 9.10. The van der Waals surface area contributed by atoms with Gasteiger partial charge in [0.2, 0.25) is 0 Å². The highest BCUT2D eigenvalue weighted by atomic mass is 79.9. The van der Waals surface area contributed by atoms with E-state index in [2.05, 4.69) is 28.1 Å². The van der Waals surface area contributed by atoms with Crippen LogP contribution < -0.4 is 0 Å². The monoisotopic (exact) mass is 360 g/mol. The van der Waals surface area contributed by atoms with E-state index in [1.165, 1.54) is 5.56 Å². The van der Waals surface area contributed by atoms with Crippen molar-refractivity contribution >= 4 is 15.9 Å². The molecule has 1 unspecified atom stereocenters. The summed E-state index contributed by atoms with van der Waals surface area (Å²) in [5, 5.41) is 9.45. The molecule has 0 aliphatic heterocycles. The lowest BCUT2D eigenvalue weighted by molar-refractivity contribution is 0.0201. The summed E-state index contributed by atoms with van der Waals surface area (Å²) in [7, 11) is 1.65. The van der Waals surface area contributed by atoms with Gasteiger partial charge in [-0.05, 0) is 36.5 Å². The second-order valence-electron chi connectivity index (χ2n) is 4.89. The number of hydrogen-bond acceptors (Lipinski definition) is 4.